The van der Waals surface area contributed by atoms with Gasteiger partial charge in [0.25, 0.3) is 5.91 Å². The molecule has 0 radical (unpaired) electrons. The summed E-state index contributed by atoms with van der Waals surface area (Å²) in [5, 5.41) is 6.41. The number of hydrogen-bond donors (Lipinski definition) is 2. The van der Waals surface area contributed by atoms with Gasteiger partial charge in [0.05, 0.1) is 18.4 Å². The lowest BCUT2D eigenvalue weighted by Crippen LogP contribution is -2.34. The Hall–Kier alpha value is -4.21. The topological polar surface area (TPSA) is 93.7 Å². The van der Waals surface area contributed by atoms with Crippen LogP contribution in [0.1, 0.15) is 10.6 Å². The molecule has 37 heavy (non-hydrogen) atoms. The Labute approximate surface area is 225 Å². The fourth-order valence-corrected chi connectivity index (χ4v) is 4.25. The first-order valence-electron chi connectivity index (χ1n) is 11.1. The van der Waals surface area contributed by atoms with Crippen molar-refractivity contribution in [3.8, 4) is 28.2 Å². The van der Waals surface area contributed by atoms with E-state index in [1.165, 1.54) is 7.11 Å². The fourth-order valence-electron chi connectivity index (χ4n) is 3.78. The van der Waals surface area contributed by atoms with Gasteiger partial charge < -0.3 is 18.9 Å². The second kappa shape index (κ2) is 10.4. The van der Waals surface area contributed by atoms with Gasteiger partial charge in [0, 0.05) is 15.4 Å². The Morgan fingerprint density at radius 3 is 2.46 bits per heavy atom. The zero-order valence-electron chi connectivity index (χ0n) is 19.4. The summed E-state index contributed by atoms with van der Waals surface area (Å²) >= 11 is 8.75. The number of halogens is 1. The van der Waals surface area contributed by atoms with E-state index in [-0.39, 0.29) is 10.9 Å². The minimum Gasteiger partial charge on any atom is -0.495 e. The van der Waals surface area contributed by atoms with Gasteiger partial charge in [-0.25, -0.2) is 4.79 Å². The highest BCUT2D eigenvalue weighted by atomic mass is 79.9. The lowest BCUT2D eigenvalue weighted by molar-refractivity contribution is 0.0951. The third kappa shape index (κ3) is 5.32. The van der Waals surface area contributed by atoms with E-state index in [1.54, 1.807) is 48.5 Å². The maximum Gasteiger partial charge on any atom is 0.344 e. The maximum atomic E-state index is 12.7. The molecule has 9 heteroatoms. The Balaban J connectivity index is 1.35. The molecule has 5 aromatic rings. The second-order valence-electron chi connectivity index (χ2n) is 7.98. The number of ether oxygens (including phenoxy) is 1. The van der Waals surface area contributed by atoms with Crippen molar-refractivity contribution in [2.24, 2.45) is 0 Å². The molecular formula is C28H19BrN2O5S. The van der Waals surface area contributed by atoms with Crippen LogP contribution in [0, 0.1) is 0 Å². The van der Waals surface area contributed by atoms with Crippen molar-refractivity contribution < 1.29 is 18.4 Å². The number of thiocarbonyl (C=S) groups is 1. The molecule has 0 saturated heterocycles. The molecule has 2 N–H and O–H groups in total. The summed E-state index contributed by atoms with van der Waals surface area (Å²) in [7, 11) is 1.51. The predicted octanol–water partition coefficient (Wildman–Crippen LogP) is 6.62. The summed E-state index contributed by atoms with van der Waals surface area (Å²) in [6, 6.07) is 25.0. The first kappa shape index (κ1) is 24.5. The molecule has 2 aromatic heterocycles. The van der Waals surface area contributed by atoms with E-state index in [0.29, 0.717) is 33.9 Å². The van der Waals surface area contributed by atoms with Crippen molar-refractivity contribution in [1.82, 2.24) is 5.32 Å². The molecule has 0 spiro atoms. The standard InChI is InChI=1S/C28H19BrN2O5S/c1-34-24-11-8-17(20-14-18-4-2-3-5-22(18)36-27(20)33)15-21(24)30-28(37)31-26(32)25-13-12-23(35-25)16-6-9-19(29)10-7-16/h2-15H,1H3,(H2,30,31,32,37). The predicted molar refractivity (Wildman–Crippen MR) is 150 cm³/mol. The Morgan fingerprint density at radius 2 is 1.68 bits per heavy atom. The fraction of sp³-hybridized carbons (Fsp3) is 0.0357. The van der Waals surface area contributed by atoms with Gasteiger partial charge in [-0.15, -0.1) is 0 Å². The van der Waals surface area contributed by atoms with Crippen LogP contribution in [0.15, 0.2) is 103 Å². The number of para-hydroxylation sites is 1. The van der Waals surface area contributed by atoms with Crippen LogP contribution in [0.25, 0.3) is 33.4 Å². The van der Waals surface area contributed by atoms with Crippen molar-refractivity contribution in [1.29, 1.82) is 0 Å². The second-order valence-corrected chi connectivity index (χ2v) is 9.30. The van der Waals surface area contributed by atoms with Gasteiger partial charge >= 0.3 is 5.63 Å². The van der Waals surface area contributed by atoms with Gasteiger partial charge in [0.2, 0.25) is 0 Å². The normalized spacial score (nSPS) is 10.8. The van der Waals surface area contributed by atoms with Crippen molar-refractivity contribution in [3.05, 3.63) is 106 Å². The summed E-state index contributed by atoms with van der Waals surface area (Å²) in [6.45, 7) is 0. The monoisotopic (exact) mass is 574 g/mol. The molecule has 3 aromatic carbocycles. The lowest BCUT2D eigenvalue weighted by Gasteiger charge is -2.14. The molecular weight excluding hydrogens is 556 g/mol. The van der Waals surface area contributed by atoms with Gasteiger partial charge in [-0.1, -0.05) is 52.3 Å². The van der Waals surface area contributed by atoms with Gasteiger partial charge in [0.1, 0.15) is 17.1 Å². The van der Waals surface area contributed by atoms with E-state index in [1.807, 2.05) is 36.4 Å². The smallest absolute Gasteiger partial charge is 0.344 e. The van der Waals surface area contributed by atoms with E-state index in [0.717, 1.165) is 15.4 Å². The number of methoxy groups -OCH3 is 1. The number of carbonyl (C=O) groups is 1. The molecule has 0 aliphatic rings. The molecule has 0 bridgehead atoms. The van der Waals surface area contributed by atoms with E-state index >= 15 is 0 Å². The van der Waals surface area contributed by atoms with Crippen LogP contribution in [0.3, 0.4) is 0 Å². The minimum absolute atomic E-state index is 0.0348. The zero-order valence-corrected chi connectivity index (χ0v) is 21.8. The molecule has 0 aliphatic heterocycles. The van der Waals surface area contributed by atoms with Crippen molar-refractivity contribution in [2.45, 2.75) is 0 Å². The molecule has 184 valence electrons. The summed E-state index contributed by atoms with van der Waals surface area (Å²) in [4.78, 5) is 25.4. The Kier molecular flexibility index (Phi) is 6.89. The number of furan rings is 1. The van der Waals surface area contributed by atoms with Crippen molar-refractivity contribution in [2.75, 3.05) is 12.4 Å². The highest BCUT2D eigenvalue weighted by molar-refractivity contribution is 9.10. The SMILES string of the molecule is COc1ccc(-c2cc3ccccc3oc2=O)cc1NC(=S)NC(=O)c1ccc(-c2ccc(Br)cc2)o1. The van der Waals surface area contributed by atoms with Crippen LogP contribution in [-0.4, -0.2) is 18.1 Å². The highest BCUT2D eigenvalue weighted by Gasteiger charge is 2.16. The molecule has 1 amide bonds. The first-order valence-corrected chi connectivity index (χ1v) is 12.3. The van der Waals surface area contributed by atoms with Crippen molar-refractivity contribution >= 4 is 55.8 Å². The third-order valence-electron chi connectivity index (χ3n) is 5.59. The largest absolute Gasteiger partial charge is 0.495 e. The third-order valence-corrected chi connectivity index (χ3v) is 6.32. The number of hydrogen-bond acceptors (Lipinski definition) is 6. The number of nitrogens with one attached hydrogen (secondary N) is 2. The Morgan fingerprint density at radius 1 is 0.919 bits per heavy atom. The van der Waals surface area contributed by atoms with Crippen molar-refractivity contribution in [3.63, 3.8) is 0 Å². The van der Waals surface area contributed by atoms with E-state index in [2.05, 4.69) is 26.6 Å². The molecule has 0 aliphatic carbocycles. The number of carbonyl (C=O) groups excluding carboxylic acids is 1. The van der Waals surface area contributed by atoms with Crippen LogP contribution in [0.5, 0.6) is 5.75 Å². The first-order chi connectivity index (χ1) is 17.9. The van der Waals surface area contributed by atoms with Crippen LogP contribution in [0.2, 0.25) is 0 Å². The van der Waals surface area contributed by atoms with E-state index in [4.69, 9.17) is 25.8 Å². The van der Waals surface area contributed by atoms with Gasteiger partial charge in [0.15, 0.2) is 10.9 Å². The maximum absolute atomic E-state index is 12.7. The number of amides is 1. The average molecular weight is 575 g/mol. The average Bonchev–Trinajstić information content (AvgIpc) is 3.39. The molecule has 0 saturated carbocycles. The summed E-state index contributed by atoms with van der Waals surface area (Å²) in [6.07, 6.45) is 0. The molecule has 0 unspecified atom stereocenters. The number of rotatable bonds is 5. The minimum atomic E-state index is -0.508. The summed E-state index contributed by atoms with van der Waals surface area (Å²) in [5.41, 5.74) is 2.33. The molecule has 0 fully saturated rings. The lowest BCUT2D eigenvalue weighted by atomic mass is 10.0. The number of anilines is 1. The number of benzene rings is 3. The molecule has 2 heterocycles. The van der Waals surface area contributed by atoms with Crippen LogP contribution < -0.4 is 21.0 Å². The zero-order chi connectivity index (χ0) is 25.9. The van der Waals surface area contributed by atoms with Gasteiger partial charge in [-0.05, 0) is 66.3 Å². The molecule has 7 nitrogen and oxygen atoms in total. The quantitative estimate of drug-likeness (QED) is 0.180. The van der Waals surface area contributed by atoms with Crippen LogP contribution in [0.4, 0.5) is 5.69 Å². The Bertz CT molecular complexity index is 1690. The molecule has 0 atom stereocenters. The van der Waals surface area contributed by atoms with E-state index in [9.17, 15) is 9.59 Å². The van der Waals surface area contributed by atoms with Gasteiger partial charge in [-0.3, -0.25) is 10.1 Å². The number of fused-ring (bicyclic) bond motifs is 1. The van der Waals surface area contributed by atoms with Crippen LogP contribution in [-0.2, 0) is 0 Å². The van der Waals surface area contributed by atoms with E-state index < -0.39 is 11.5 Å². The molecule has 5 rings (SSSR count). The highest BCUT2D eigenvalue weighted by Crippen LogP contribution is 2.31. The van der Waals surface area contributed by atoms with Gasteiger partial charge in [-0.2, -0.15) is 0 Å². The van der Waals surface area contributed by atoms with Crippen LogP contribution >= 0.6 is 28.1 Å². The summed E-state index contributed by atoms with van der Waals surface area (Å²) < 4.78 is 17.5. The summed E-state index contributed by atoms with van der Waals surface area (Å²) in [5.74, 6) is 0.629.